The van der Waals surface area contributed by atoms with Crippen LogP contribution in [0.3, 0.4) is 0 Å². The number of ether oxygens (including phenoxy) is 1. The predicted molar refractivity (Wildman–Crippen MR) is 119 cm³/mol. The fourth-order valence-electron chi connectivity index (χ4n) is 3.75. The third-order valence-electron chi connectivity index (χ3n) is 5.62. The summed E-state index contributed by atoms with van der Waals surface area (Å²) in [7, 11) is -2.48. The number of hydrogen-bond acceptors (Lipinski definition) is 5. The molecule has 1 aromatic carbocycles. The summed E-state index contributed by atoms with van der Waals surface area (Å²) in [5.74, 6) is 0.750. The second-order valence-corrected chi connectivity index (χ2v) is 9.55. The molecular weight excluding hydrogens is 418 g/mol. The number of pyridine rings is 1. The summed E-state index contributed by atoms with van der Waals surface area (Å²) in [5.41, 5.74) is -0.100. The molecule has 9 heteroatoms. The van der Waals surface area contributed by atoms with Crippen LogP contribution in [0, 0.1) is 12.8 Å². The van der Waals surface area contributed by atoms with E-state index < -0.39 is 15.6 Å². The molecule has 0 spiro atoms. The summed E-state index contributed by atoms with van der Waals surface area (Å²) >= 11 is 0. The van der Waals surface area contributed by atoms with Gasteiger partial charge in [0, 0.05) is 12.2 Å². The van der Waals surface area contributed by atoms with Crippen molar-refractivity contribution in [1.29, 1.82) is 0 Å². The van der Waals surface area contributed by atoms with Gasteiger partial charge in [-0.1, -0.05) is 19.3 Å². The quantitative estimate of drug-likeness (QED) is 0.647. The smallest absolute Gasteiger partial charge is 0.275 e. The minimum Gasteiger partial charge on any atom is -0.497 e. The number of nitrogens with zero attached hydrogens (tertiary/aromatic N) is 1. The van der Waals surface area contributed by atoms with Gasteiger partial charge in [0.15, 0.2) is 0 Å². The average Bonchev–Trinajstić information content (AvgIpc) is 2.78. The van der Waals surface area contributed by atoms with Crippen molar-refractivity contribution in [1.82, 2.24) is 9.88 Å². The molecule has 1 saturated carbocycles. The van der Waals surface area contributed by atoms with Gasteiger partial charge in [-0.2, -0.15) is 0 Å². The van der Waals surface area contributed by atoms with Crippen molar-refractivity contribution in [2.75, 3.05) is 18.4 Å². The SMILES string of the molecule is COc1ccc(S(=O)(=O)Nc2ccc(C)n(CC(=O)NCC3CCCCC3)c2=O)cc1. The highest BCUT2D eigenvalue weighted by molar-refractivity contribution is 7.92. The Hall–Kier alpha value is -2.81. The number of aromatic nitrogens is 1. The topological polar surface area (TPSA) is 106 Å². The standard InChI is InChI=1S/C22H29N3O5S/c1-16-8-13-20(24-31(28,29)19-11-9-18(30-2)10-12-19)22(27)25(16)15-21(26)23-14-17-6-4-3-5-7-17/h8-13,17,24H,3-7,14-15H2,1-2H3,(H,23,26). The molecule has 8 nitrogen and oxygen atoms in total. The maximum atomic E-state index is 12.9. The lowest BCUT2D eigenvalue weighted by Crippen LogP contribution is -2.37. The van der Waals surface area contributed by atoms with Crippen LogP contribution in [0.4, 0.5) is 5.69 Å². The highest BCUT2D eigenvalue weighted by Crippen LogP contribution is 2.22. The van der Waals surface area contributed by atoms with E-state index in [9.17, 15) is 18.0 Å². The van der Waals surface area contributed by atoms with E-state index in [2.05, 4.69) is 10.0 Å². The van der Waals surface area contributed by atoms with Crippen LogP contribution < -0.4 is 20.3 Å². The Morgan fingerprint density at radius 1 is 1.10 bits per heavy atom. The zero-order valence-corrected chi connectivity index (χ0v) is 18.7. The molecule has 1 aliphatic carbocycles. The van der Waals surface area contributed by atoms with E-state index in [4.69, 9.17) is 4.74 Å². The molecule has 0 atom stereocenters. The molecule has 1 aromatic heterocycles. The van der Waals surface area contributed by atoms with Gasteiger partial charge in [-0.15, -0.1) is 0 Å². The highest BCUT2D eigenvalue weighted by atomic mass is 32.2. The van der Waals surface area contributed by atoms with Gasteiger partial charge in [0.2, 0.25) is 5.91 Å². The Kier molecular flexibility index (Phi) is 7.37. The fourth-order valence-corrected chi connectivity index (χ4v) is 4.81. The van der Waals surface area contributed by atoms with Gasteiger partial charge in [0.1, 0.15) is 18.0 Å². The molecule has 168 valence electrons. The van der Waals surface area contributed by atoms with Crippen molar-refractivity contribution in [3.05, 3.63) is 52.4 Å². The van der Waals surface area contributed by atoms with E-state index in [1.165, 1.54) is 61.3 Å². The van der Waals surface area contributed by atoms with Crippen LogP contribution in [0.5, 0.6) is 5.75 Å². The van der Waals surface area contributed by atoms with Gasteiger partial charge in [-0.3, -0.25) is 14.3 Å². The van der Waals surface area contributed by atoms with E-state index >= 15 is 0 Å². The lowest BCUT2D eigenvalue weighted by Gasteiger charge is -2.22. The van der Waals surface area contributed by atoms with E-state index in [1.807, 2.05) is 0 Å². The Morgan fingerprint density at radius 3 is 2.42 bits per heavy atom. The summed E-state index contributed by atoms with van der Waals surface area (Å²) in [5, 5.41) is 2.91. The van der Waals surface area contributed by atoms with Crippen molar-refractivity contribution in [2.24, 2.45) is 5.92 Å². The number of anilines is 1. The molecular formula is C22H29N3O5S. The summed E-state index contributed by atoms with van der Waals surface area (Å²) in [6, 6.07) is 8.87. The van der Waals surface area contributed by atoms with Crippen LogP contribution >= 0.6 is 0 Å². The normalized spacial score (nSPS) is 14.8. The molecule has 0 radical (unpaired) electrons. The zero-order valence-electron chi connectivity index (χ0n) is 17.9. The second kappa shape index (κ2) is 10.00. The van der Waals surface area contributed by atoms with E-state index in [-0.39, 0.29) is 23.0 Å². The van der Waals surface area contributed by atoms with Crippen molar-refractivity contribution in [3.63, 3.8) is 0 Å². The Morgan fingerprint density at radius 2 is 1.77 bits per heavy atom. The van der Waals surface area contributed by atoms with Crippen molar-refractivity contribution < 1.29 is 17.9 Å². The number of aryl methyl sites for hydroxylation is 1. The van der Waals surface area contributed by atoms with Crippen LogP contribution in [0.1, 0.15) is 37.8 Å². The molecule has 2 aromatic rings. The van der Waals surface area contributed by atoms with Gasteiger partial charge in [0.25, 0.3) is 15.6 Å². The summed E-state index contributed by atoms with van der Waals surface area (Å²) < 4.78 is 34.0. The molecule has 1 heterocycles. The molecule has 1 fully saturated rings. The van der Waals surface area contributed by atoms with Gasteiger partial charge in [-0.25, -0.2) is 8.42 Å². The number of hydrogen-bond donors (Lipinski definition) is 2. The third kappa shape index (κ3) is 5.88. The number of carbonyl (C=O) groups is 1. The first kappa shape index (κ1) is 22.9. The van der Waals surface area contributed by atoms with E-state index in [0.717, 1.165) is 12.8 Å². The van der Waals surface area contributed by atoms with Gasteiger partial charge < -0.3 is 14.6 Å². The molecule has 0 bridgehead atoms. The summed E-state index contributed by atoms with van der Waals surface area (Å²) in [6.45, 7) is 2.16. The number of nitrogens with one attached hydrogen (secondary N) is 2. The molecule has 0 saturated heterocycles. The minimum absolute atomic E-state index is 0.00468. The maximum absolute atomic E-state index is 12.9. The van der Waals surface area contributed by atoms with Gasteiger partial charge in [-0.05, 0) is 62.1 Å². The maximum Gasteiger partial charge on any atom is 0.275 e. The first-order valence-corrected chi connectivity index (χ1v) is 11.9. The van der Waals surface area contributed by atoms with Gasteiger partial charge in [0.05, 0.1) is 12.0 Å². The highest BCUT2D eigenvalue weighted by Gasteiger charge is 2.19. The summed E-state index contributed by atoms with van der Waals surface area (Å²) in [4.78, 5) is 25.3. The first-order valence-electron chi connectivity index (χ1n) is 10.4. The second-order valence-electron chi connectivity index (χ2n) is 7.87. The largest absolute Gasteiger partial charge is 0.497 e. The van der Waals surface area contributed by atoms with Crippen LogP contribution in [0.15, 0.2) is 46.1 Å². The third-order valence-corrected chi connectivity index (χ3v) is 7.00. The number of amides is 1. The number of carbonyl (C=O) groups excluding carboxylic acids is 1. The molecule has 3 rings (SSSR count). The van der Waals surface area contributed by atoms with E-state index in [1.54, 1.807) is 13.0 Å². The first-order chi connectivity index (χ1) is 14.8. The van der Waals surface area contributed by atoms with Crippen molar-refractivity contribution in [3.8, 4) is 5.75 Å². The number of sulfonamides is 1. The average molecular weight is 448 g/mol. The Balaban J connectivity index is 1.72. The lowest BCUT2D eigenvalue weighted by molar-refractivity contribution is -0.122. The molecule has 0 aliphatic heterocycles. The molecule has 31 heavy (non-hydrogen) atoms. The van der Waals surface area contributed by atoms with Crippen molar-refractivity contribution in [2.45, 2.75) is 50.5 Å². The molecule has 2 N–H and O–H groups in total. The number of methoxy groups -OCH3 is 1. The number of rotatable bonds is 8. The monoisotopic (exact) mass is 447 g/mol. The Bertz CT molecular complexity index is 1070. The van der Waals surface area contributed by atoms with E-state index in [0.29, 0.717) is 23.9 Å². The predicted octanol–water partition coefficient (Wildman–Crippen LogP) is 2.66. The number of benzene rings is 1. The van der Waals surface area contributed by atoms with Crippen LogP contribution in [0.2, 0.25) is 0 Å². The fraction of sp³-hybridized carbons (Fsp3) is 0.455. The zero-order chi connectivity index (χ0) is 22.4. The van der Waals surface area contributed by atoms with Crippen LogP contribution in [-0.4, -0.2) is 32.5 Å². The molecule has 1 aliphatic rings. The van der Waals surface area contributed by atoms with Crippen molar-refractivity contribution >= 4 is 21.6 Å². The summed E-state index contributed by atoms with van der Waals surface area (Å²) in [6.07, 6.45) is 5.85. The minimum atomic E-state index is -3.96. The molecule has 1 amide bonds. The van der Waals surface area contributed by atoms with Crippen LogP contribution in [0.25, 0.3) is 0 Å². The Labute approximate surface area is 182 Å². The molecule has 0 unspecified atom stereocenters. The van der Waals surface area contributed by atoms with Gasteiger partial charge >= 0.3 is 0 Å². The lowest BCUT2D eigenvalue weighted by atomic mass is 9.89. The van der Waals surface area contributed by atoms with Crippen LogP contribution in [-0.2, 0) is 21.4 Å².